The standard InChI is InChI=1S/C46H79N5O7/c1-16-32(8)43(50(13)46(56)36(29(2)3)27-39(53)42(30(4)5)49(12)31(6)7)40(57-14)28-41(54)51-24-20-23-37(51)44(58-15)33(9)38(52)26-35(45(55)47-48(10)11)25-34-21-18-17-19-22-34/h17-19,21-22,29-33,35-37,40,42-44H,16,20,23-28H2,1-15H3,(H,47,55)/t32-,33-,35+,36-,37-,40+,42-,43-,44+/m0/s1. The van der Waals surface area contributed by atoms with Gasteiger partial charge in [0.25, 0.3) is 0 Å². The molecule has 3 amide bonds. The molecule has 0 saturated carbocycles. The van der Waals surface area contributed by atoms with Gasteiger partial charge in [-0.1, -0.05) is 85.2 Å². The molecular weight excluding hydrogens is 735 g/mol. The van der Waals surface area contributed by atoms with Gasteiger partial charge in [-0.05, 0) is 63.5 Å². The summed E-state index contributed by atoms with van der Waals surface area (Å²) in [6, 6.07) is 8.79. The summed E-state index contributed by atoms with van der Waals surface area (Å²) >= 11 is 0. The van der Waals surface area contributed by atoms with Crippen LogP contribution in [0.5, 0.6) is 0 Å². The second-order valence-corrected chi connectivity index (χ2v) is 18.0. The molecule has 1 fully saturated rings. The van der Waals surface area contributed by atoms with Crippen LogP contribution in [0.25, 0.3) is 0 Å². The van der Waals surface area contributed by atoms with Crippen LogP contribution in [0.4, 0.5) is 0 Å². The average molecular weight is 814 g/mol. The van der Waals surface area contributed by atoms with Crippen molar-refractivity contribution in [2.75, 3.05) is 49.0 Å². The fourth-order valence-electron chi connectivity index (χ4n) is 8.83. The number of hydrogen-bond acceptors (Lipinski definition) is 9. The normalized spacial score (nSPS) is 18.9. The molecule has 0 aliphatic carbocycles. The first-order valence-corrected chi connectivity index (χ1v) is 21.6. The minimum Gasteiger partial charge on any atom is -0.379 e. The number of carbonyl (C=O) groups excluding carboxylic acids is 5. The second-order valence-electron chi connectivity index (χ2n) is 18.0. The Labute approximate surface area is 351 Å². The third-order valence-corrected chi connectivity index (χ3v) is 12.6. The number of rotatable bonds is 25. The lowest BCUT2D eigenvalue weighted by Crippen LogP contribution is -2.54. The van der Waals surface area contributed by atoms with E-state index in [4.69, 9.17) is 9.47 Å². The molecule has 1 aromatic carbocycles. The summed E-state index contributed by atoms with van der Waals surface area (Å²) in [6.45, 7) is 18.7. The van der Waals surface area contributed by atoms with Gasteiger partial charge in [-0.25, -0.2) is 5.01 Å². The van der Waals surface area contributed by atoms with E-state index in [-0.39, 0.29) is 84.4 Å². The van der Waals surface area contributed by atoms with E-state index in [9.17, 15) is 24.0 Å². The van der Waals surface area contributed by atoms with E-state index in [0.717, 1.165) is 18.4 Å². The Bertz CT molecular complexity index is 1450. The highest BCUT2D eigenvalue weighted by atomic mass is 16.5. The van der Waals surface area contributed by atoms with Crippen molar-refractivity contribution in [3.8, 4) is 0 Å². The summed E-state index contributed by atoms with van der Waals surface area (Å²) in [5.74, 6) is -2.16. The summed E-state index contributed by atoms with van der Waals surface area (Å²) in [5.41, 5.74) is 3.80. The quantitative estimate of drug-likeness (QED) is 0.120. The average Bonchev–Trinajstić information content (AvgIpc) is 3.65. The highest BCUT2D eigenvalue weighted by Gasteiger charge is 2.43. The minimum atomic E-state index is -0.606. The van der Waals surface area contributed by atoms with Gasteiger partial charge in [0.15, 0.2) is 5.78 Å². The molecule has 12 nitrogen and oxygen atoms in total. The van der Waals surface area contributed by atoms with Crippen LogP contribution in [0.15, 0.2) is 30.3 Å². The molecule has 330 valence electrons. The van der Waals surface area contributed by atoms with Crippen LogP contribution in [-0.2, 0) is 39.9 Å². The van der Waals surface area contributed by atoms with Gasteiger partial charge in [-0.15, -0.1) is 0 Å². The maximum atomic E-state index is 14.5. The molecule has 1 aromatic rings. The highest BCUT2D eigenvalue weighted by Crippen LogP contribution is 2.32. The molecule has 1 saturated heterocycles. The van der Waals surface area contributed by atoms with E-state index in [1.807, 2.05) is 76.9 Å². The molecule has 0 aromatic heterocycles. The van der Waals surface area contributed by atoms with Crippen LogP contribution in [0.3, 0.4) is 0 Å². The number of nitrogens with one attached hydrogen (secondary N) is 1. The number of hydrogen-bond donors (Lipinski definition) is 1. The lowest BCUT2D eigenvalue weighted by atomic mass is 9.83. The molecule has 1 aliphatic heterocycles. The van der Waals surface area contributed by atoms with Gasteiger partial charge < -0.3 is 19.3 Å². The van der Waals surface area contributed by atoms with Gasteiger partial charge in [0, 0.05) is 72.6 Å². The first-order chi connectivity index (χ1) is 27.2. The fourth-order valence-corrected chi connectivity index (χ4v) is 8.83. The summed E-state index contributed by atoms with van der Waals surface area (Å²) < 4.78 is 12.1. The van der Waals surface area contributed by atoms with Gasteiger partial charge in [0.2, 0.25) is 17.7 Å². The van der Waals surface area contributed by atoms with Gasteiger partial charge in [0.1, 0.15) is 5.78 Å². The molecule has 9 atom stereocenters. The van der Waals surface area contributed by atoms with Crippen LogP contribution in [0.1, 0.15) is 106 Å². The topological polar surface area (TPSA) is 129 Å². The number of Topliss-reactive ketones (excluding diaryl/α,β-unsaturated/α-hetero) is 2. The number of carbonyl (C=O) groups is 5. The van der Waals surface area contributed by atoms with Gasteiger partial charge in [-0.2, -0.15) is 0 Å². The first-order valence-electron chi connectivity index (χ1n) is 21.6. The van der Waals surface area contributed by atoms with E-state index >= 15 is 0 Å². The smallest absolute Gasteiger partial charge is 0.238 e. The second kappa shape index (κ2) is 24.2. The Hall–Kier alpha value is -3.19. The van der Waals surface area contributed by atoms with Crippen LogP contribution < -0.4 is 5.43 Å². The molecule has 0 spiro atoms. The van der Waals surface area contributed by atoms with Crippen molar-refractivity contribution in [1.29, 1.82) is 0 Å². The number of ketones is 2. The lowest BCUT2D eigenvalue weighted by molar-refractivity contribution is -0.149. The van der Waals surface area contributed by atoms with E-state index < -0.39 is 36.0 Å². The van der Waals surface area contributed by atoms with Gasteiger partial charge in [0.05, 0.1) is 42.7 Å². The number of hydrazine groups is 1. The number of likely N-dealkylation sites (tertiary alicyclic amines) is 1. The molecule has 1 heterocycles. The molecule has 1 aliphatic rings. The largest absolute Gasteiger partial charge is 0.379 e. The third-order valence-electron chi connectivity index (χ3n) is 12.6. The van der Waals surface area contributed by atoms with Crippen molar-refractivity contribution >= 4 is 29.3 Å². The van der Waals surface area contributed by atoms with Crippen molar-refractivity contribution in [2.24, 2.45) is 35.5 Å². The van der Waals surface area contributed by atoms with E-state index in [1.54, 1.807) is 45.3 Å². The monoisotopic (exact) mass is 814 g/mol. The Morgan fingerprint density at radius 1 is 0.828 bits per heavy atom. The molecule has 12 heteroatoms. The number of benzene rings is 1. The van der Waals surface area contributed by atoms with Gasteiger partial charge >= 0.3 is 0 Å². The maximum absolute atomic E-state index is 14.5. The Morgan fingerprint density at radius 3 is 1.95 bits per heavy atom. The number of amides is 3. The van der Waals surface area contributed by atoms with Gasteiger partial charge in [-0.3, -0.25) is 34.3 Å². The first kappa shape index (κ1) is 51.0. The van der Waals surface area contributed by atoms with E-state index in [1.165, 1.54) is 0 Å². The van der Waals surface area contributed by atoms with Crippen molar-refractivity contribution < 1.29 is 33.4 Å². The highest BCUT2D eigenvalue weighted by molar-refractivity contribution is 5.90. The zero-order valence-corrected chi connectivity index (χ0v) is 38.6. The molecular formula is C46H79N5O7. The van der Waals surface area contributed by atoms with Crippen LogP contribution in [0, 0.1) is 35.5 Å². The Balaban J connectivity index is 2.32. The summed E-state index contributed by atoms with van der Waals surface area (Å²) in [5, 5.41) is 1.58. The Kier molecular flexibility index (Phi) is 21.2. The molecule has 58 heavy (non-hydrogen) atoms. The Morgan fingerprint density at radius 2 is 1.45 bits per heavy atom. The zero-order valence-electron chi connectivity index (χ0n) is 38.6. The number of likely N-dealkylation sites (N-methyl/N-ethyl adjacent to an activating group) is 2. The molecule has 1 N–H and O–H groups in total. The fraction of sp³-hybridized carbons (Fsp3) is 0.761. The zero-order chi connectivity index (χ0) is 44.0. The lowest BCUT2D eigenvalue weighted by Gasteiger charge is -2.41. The molecule has 0 radical (unpaired) electrons. The van der Waals surface area contributed by atoms with Crippen molar-refractivity contribution in [2.45, 2.75) is 144 Å². The van der Waals surface area contributed by atoms with Crippen molar-refractivity contribution in [3.63, 3.8) is 0 Å². The van der Waals surface area contributed by atoms with Crippen molar-refractivity contribution in [3.05, 3.63) is 35.9 Å². The third kappa shape index (κ3) is 13.9. The molecule has 0 bridgehead atoms. The summed E-state index contributed by atoms with van der Waals surface area (Å²) in [6.07, 6.45) is 1.65. The molecule has 2 rings (SSSR count). The summed E-state index contributed by atoms with van der Waals surface area (Å²) in [7, 11) is 10.4. The van der Waals surface area contributed by atoms with Crippen LogP contribution >= 0.6 is 0 Å². The van der Waals surface area contributed by atoms with Crippen molar-refractivity contribution in [1.82, 2.24) is 25.1 Å². The van der Waals surface area contributed by atoms with E-state index in [2.05, 4.69) is 38.0 Å². The van der Waals surface area contributed by atoms with Crippen LogP contribution in [-0.4, -0.2) is 134 Å². The minimum absolute atomic E-state index is 0.00188. The van der Waals surface area contributed by atoms with E-state index in [0.29, 0.717) is 19.4 Å². The molecule has 0 unspecified atom stereocenters. The number of ether oxygens (including phenoxy) is 2. The maximum Gasteiger partial charge on any atom is 0.238 e. The predicted molar refractivity (Wildman–Crippen MR) is 231 cm³/mol. The predicted octanol–water partition coefficient (Wildman–Crippen LogP) is 5.91. The van der Waals surface area contributed by atoms with Crippen LogP contribution in [0.2, 0.25) is 0 Å². The summed E-state index contributed by atoms with van der Waals surface area (Å²) in [4.78, 5) is 75.6. The number of nitrogens with zero attached hydrogens (tertiary/aromatic N) is 4. The number of methoxy groups -OCH3 is 2. The SMILES string of the molecule is CC[C@H](C)[C@@H]([C@@H](CC(=O)N1CCC[C@H]1[C@H](OC)[C@@H](C)C(=O)C[C@@H](Cc1ccccc1)C(=O)NN(C)C)OC)N(C)C(=O)[C@@H](CC(=O)[C@H](C(C)C)N(C)C(C)C)C(C)C.